The van der Waals surface area contributed by atoms with E-state index >= 15 is 0 Å². The van der Waals surface area contributed by atoms with E-state index in [0.29, 0.717) is 17.5 Å². The number of benzene rings is 15. The van der Waals surface area contributed by atoms with Gasteiger partial charge in [0.15, 0.2) is 17.5 Å². The van der Waals surface area contributed by atoms with Crippen molar-refractivity contribution < 1.29 is 0 Å². The third-order valence-corrected chi connectivity index (χ3v) is 26.2. The van der Waals surface area contributed by atoms with Crippen molar-refractivity contribution >= 4 is 0 Å². The normalized spacial score (nSPS) is 15.9. The smallest absolute Gasteiger partial charge is 0.152 e. The van der Waals surface area contributed by atoms with Gasteiger partial charge in [0, 0.05) is 16.2 Å². The summed E-state index contributed by atoms with van der Waals surface area (Å²) in [6.07, 6.45) is 0. The van der Waals surface area contributed by atoms with Gasteiger partial charge in [-0.15, -0.1) is 0 Å². The van der Waals surface area contributed by atoms with Crippen LogP contribution in [0.2, 0.25) is 0 Å². The highest BCUT2D eigenvalue weighted by Gasteiger charge is 2.56. The summed E-state index contributed by atoms with van der Waals surface area (Å²) in [6, 6.07) is 131. The monoisotopic (exact) mass is 1380 g/mol. The van der Waals surface area contributed by atoms with Crippen LogP contribution >= 0.6 is 0 Å². The molecule has 0 spiro atoms. The molecule has 0 N–H and O–H groups in total. The zero-order valence-electron chi connectivity index (χ0n) is 61.3. The van der Waals surface area contributed by atoms with Crippen molar-refractivity contribution in [2.24, 2.45) is 0 Å². The molecule has 510 valence electrons. The largest absolute Gasteiger partial charge is 0.215 e. The third-order valence-electron chi connectivity index (χ3n) is 26.2. The van der Waals surface area contributed by atoms with Crippen molar-refractivity contribution in [1.82, 2.24) is 15.0 Å². The van der Waals surface area contributed by atoms with Gasteiger partial charge in [0.05, 0.1) is 0 Å². The second-order valence-corrected chi connectivity index (χ2v) is 32.4. The second-order valence-electron chi connectivity index (χ2n) is 32.4. The minimum Gasteiger partial charge on any atom is -0.215 e. The molecule has 15 aromatic carbocycles. The van der Waals surface area contributed by atoms with Gasteiger partial charge in [0.2, 0.25) is 0 Å². The molecule has 0 bridgehead atoms. The summed E-state index contributed by atoms with van der Waals surface area (Å²) in [5.41, 5.74) is 36.1. The Morgan fingerprint density at radius 1 is 0.157 bits per heavy atom. The van der Waals surface area contributed by atoms with E-state index in [1.165, 1.54) is 83.5 Å². The predicted octanol–water partition coefficient (Wildman–Crippen LogP) is 24.9. The Balaban J connectivity index is 0.822. The van der Waals surface area contributed by atoms with Crippen LogP contribution in [0, 0.1) is 0 Å². The molecule has 3 nitrogen and oxygen atoms in total. The third kappa shape index (κ3) is 8.20. The van der Waals surface area contributed by atoms with Crippen LogP contribution in [-0.2, 0) is 32.5 Å². The highest BCUT2D eigenvalue weighted by atomic mass is 15.1. The first kappa shape index (κ1) is 62.7. The molecule has 0 unspecified atom stereocenters. The van der Waals surface area contributed by atoms with Crippen LogP contribution in [0.1, 0.15) is 142 Å². The van der Waals surface area contributed by atoms with Crippen molar-refractivity contribution in [3.8, 4) is 100 Å². The molecule has 6 aliphatic carbocycles. The minimum absolute atomic E-state index is 0.156. The number of fused-ring (bicyclic) bond motifs is 18. The molecule has 16 aromatic rings. The first-order valence-corrected chi connectivity index (χ1v) is 38.2. The fourth-order valence-electron chi connectivity index (χ4n) is 21.0. The van der Waals surface area contributed by atoms with Crippen molar-refractivity contribution in [2.75, 3.05) is 0 Å². The summed E-state index contributed by atoms with van der Waals surface area (Å²) in [4.78, 5) is 19.5. The van der Waals surface area contributed by atoms with E-state index in [4.69, 9.17) is 15.0 Å². The molecular formula is C105H75N3. The molecule has 0 atom stereocenters. The van der Waals surface area contributed by atoms with Crippen LogP contribution in [-0.4, -0.2) is 15.0 Å². The summed E-state index contributed by atoms with van der Waals surface area (Å²) < 4.78 is 0. The Hall–Kier alpha value is -12.7. The van der Waals surface area contributed by atoms with E-state index in [-0.39, 0.29) is 16.2 Å². The zero-order chi connectivity index (χ0) is 72.2. The maximum Gasteiger partial charge on any atom is 0.152 e. The second kappa shape index (κ2) is 22.4. The Morgan fingerprint density at radius 3 is 0.537 bits per heavy atom. The molecule has 0 aliphatic heterocycles. The molecule has 3 heteroatoms. The Bertz CT molecular complexity index is 5740. The number of hydrogen-bond acceptors (Lipinski definition) is 3. The molecule has 6 aliphatic rings. The molecule has 0 saturated carbocycles. The van der Waals surface area contributed by atoms with Crippen LogP contribution in [0.5, 0.6) is 0 Å². The summed E-state index contributed by atoms with van der Waals surface area (Å²) in [5.74, 6) is 1.97. The SMILES string of the molecule is CC1(C)c2ccccc2-c2ccc(-c3ccc(C4(c5nc(C6(c7ccc(-c8ccc9c(c8)C(C)(C)c8ccccc8-9)cc7)c7ccccc7-c7ccccc76)nc(C6(c7ccc(-c8ccc9c(c8)C(C)(C)c8ccccc8-9)cc7)c7ccccc7-c7ccccc76)n5)c5ccccc5-c5ccccc54)cc3)cc21. The van der Waals surface area contributed by atoms with E-state index < -0.39 is 16.2 Å². The fraction of sp³-hybridized carbons (Fsp3) is 0.114. The van der Waals surface area contributed by atoms with E-state index in [2.05, 4.69) is 387 Å². The first-order chi connectivity index (χ1) is 52.8. The molecule has 0 fully saturated rings. The molecule has 0 amide bonds. The first-order valence-electron chi connectivity index (χ1n) is 38.2. The molecule has 0 saturated heterocycles. The van der Waals surface area contributed by atoms with Gasteiger partial charge >= 0.3 is 0 Å². The lowest BCUT2D eigenvalue weighted by Crippen LogP contribution is -2.40. The van der Waals surface area contributed by atoms with Gasteiger partial charge in [-0.2, -0.15) is 0 Å². The summed E-state index contributed by atoms with van der Waals surface area (Å²) in [7, 11) is 0. The highest BCUT2D eigenvalue weighted by Crippen LogP contribution is 2.63. The van der Waals surface area contributed by atoms with Crippen LogP contribution in [0.15, 0.2) is 346 Å². The topological polar surface area (TPSA) is 38.7 Å². The maximum atomic E-state index is 6.50. The lowest BCUT2D eigenvalue weighted by atomic mass is 9.68. The van der Waals surface area contributed by atoms with Crippen LogP contribution in [0.4, 0.5) is 0 Å². The van der Waals surface area contributed by atoms with Crippen LogP contribution < -0.4 is 0 Å². The molecular weight excluding hydrogens is 1300 g/mol. The zero-order valence-corrected chi connectivity index (χ0v) is 61.3. The number of rotatable bonds is 9. The number of hydrogen-bond donors (Lipinski definition) is 0. The van der Waals surface area contributed by atoms with Gasteiger partial charge in [0.25, 0.3) is 0 Å². The number of aromatic nitrogens is 3. The van der Waals surface area contributed by atoms with Gasteiger partial charge in [-0.05, 0) is 202 Å². The molecule has 108 heavy (non-hydrogen) atoms. The average molecular weight is 1380 g/mol. The lowest BCUT2D eigenvalue weighted by Gasteiger charge is -2.38. The standard InChI is InChI=1S/C105H75N3/c1-100(2)85-34-16-7-25-73(85)82-58-49-67(61-94(82)100)64-43-52-70(53-44-64)103(88-37-19-10-28-76(88)77-29-11-20-38-89(77)103)97-106-98(104(90-39-21-12-30-78(90)79-31-13-22-40-91(79)104)71-54-45-65(46-55-71)68-50-59-83-74-26-8-17-35-86(74)101(3,4)95(83)62-68)108-99(107-97)105(92-41-23-14-32-80(92)81-33-15-24-42-93(81)105)72-56-47-66(48-57-72)69-51-60-84-75-27-9-18-36-87(75)102(5,6)96(84)63-69/h7-63H,1-6H3. The molecule has 1 aromatic heterocycles. The van der Waals surface area contributed by atoms with Crippen molar-refractivity contribution in [1.29, 1.82) is 0 Å². The quantitative estimate of drug-likeness (QED) is 0.145. The van der Waals surface area contributed by atoms with E-state index in [1.807, 2.05) is 0 Å². The highest BCUT2D eigenvalue weighted by molar-refractivity contribution is 5.92. The van der Waals surface area contributed by atoms with Gasteiger partial charge in [0.1, 0.15) is 16.2 Å². The summed E-state index contributed by atoms with van der Waals surface area (Å²) in [5, 5.41) is 0. The Kier molecular flexibility index (Phi) is 13.0. The van der Waals surface area contributed by atoms with Crippen molar-refractivity contribution in [2.45, 2.75) is 74.0 Å². The number of nitrogens with zero attached hydrogens (tertiary/aromatic N) is 3. The van der Waals surface area contributed by atoms with E-state index in [1.54, 1.807) is 0 Å². The Morgan fingerprint density at radius 2 is 0.324 bits per heavy atom. The van der Waals surface area contributed by atoms with Crippen molar-refractivity contribution in [3.05, 3.63) is 447 Å². The predicted molar refractivity (Wildman–Crippen MR) is 441 cm³/mol. The van der Waals surface area contributed by atoms with Gasteiger partial charge in [-0.3, -0.25) is 0 Å². The van der Waals surface area contributed by atoms with Gasteiger partial charge in [-0.1, -0.05) is 369 Å². The summed E-state index contributed by atoms with van der Waals surface area (Å²) >= 11 is 0. The summed E-state index contributed by atoms with van der Waals surface area (Å²) in [6.45, 7) is 14.2. The van der Waals surface area contributed by atoms with Crippen LogP contribution in [0.25, 0.3) is 100 Å². The van der Waals surface area contributed by atoms with E-state index in [9.17, 15) is 0 Å². The minimum atomic E-state index is -1.09. The Labute approximate surface area is 631 Å². The molecule has 22 rings (SSSR count). The van der Waals surface area contributed by atoms with Gasteiger partial charge < -0.3 is 0 Å². The average Bonchev–Trinajstić information content (AvgIpc) is 1.49. The van der Waals surface area contributed by atoms with E-state index in [0.717, 1.165) is 100 Å². The molecule has 0 radical (unpaired) electrons. The molecule has 1 heterocycles. The van der Waals surface area contributed by atoms with Crippen LogP contribution in [0.3, 0.4) is 0 Å². The van der Waals surface area contributed by atoms with Crippen molar-refractivity contribution in [3.63, 3.8) is 0 Å². The fourth-order valence-corrected chi connectivity index (χ4v) is 21.0. The van der Waals surface area contributed by atoms with Gasteiger partial charge in [-0.25, -0.2) is 15.0 Å². The maximum absolute atomic E-state index is 6.50. The lowest BCUT2D eigenvalue weighted by molar-refractivity contribution is 0.581.